The molecule has 174 valence electrons. The van der Waals surface area contributed by atoms with Gasteiger partial charge in [-0.15, -0.1) is 0 Å². The maximum Gasteiger partial charge on any atom is 0.126 e. The Hall–Kier alpha value is -0.890. The van der Waals surface area contributed by atoms with Crippen molar-refractivity contribution >= 4 is 0 Å². The number of fused-ring (bicyclic) bond motifs is 2. The normalized spacial score (nSPS) is 30.6. The van der Waals surface area contributed by atoms with Crippen LogP contribution in [0.5, 0.6) is 0 Å². The van der Waals surface area contributed by atoms with E-state index in [1.54, 1.807) is 0 Å². The Balaban J connectivity index is 1.34. The van der Waals surface area contributed by atoms with Crippen LogP contribution in [0.4, 0.5) is 4.39 Å². The predicted octanol–water partition coefficient (Wildman–Crippen LogP) is 8.38. The van der Waals surface area contributed by atoms with Crippen molar-refractivity contribution in [2.75, 3.05) is 6.61 Å². The smallest absolute Gasteiger partial charge is 0.126 e. The van der Waals surface area contributed by atoms with Gasteiger partial charge in [-0.1, -0.05) is 52.0 Å². The molecule has 1 aromatic rings. The van der Waals surface area contributed by atoms with E-state index >= 15 is 4.39 Å². The number of halogens is 1. The highest BCUT2D eigenvalue weighted by Crippen LogP contribution is 2.47. The number of ether oxygens (including phenoxy) is 1. The maximum atomic E-state index is 15.2. The number of unbranched alkanes of at least 4 members (excludes halogenated alkanes) is 3. The van der Waals surface area contributed by atoms with Crippen molar-refractivity contribution in [3.8, 4) is 0 Å². The van der Waals surface area contributed by atoms with Crippen LogP contribution < -0.4 is 0 Å². The van der Waals surface area contributed by atoms with Gasteiger partial charge < -0.3 is 4.74 Å². The molecule has 3 aliphatic carbocycles. The molecule has 0 aliphatic heterocycles. The first-order valence-electron chi connectivity index (χ1n) is 13.6. The third-order valence-electron chi connectivity index (χ3n) is 8.68. The van der Waals surface area contributed by atoms with Gasteiger partial charge in [0, 0.05) is 6.61 Å². The molecule has 3 aliphatic rings. The second-order valence-electron chi connectivity index (χ2n) is 10.9. The van der Waals surface area contributed by atoms with Gasteiger partial charge in [-0.05, 0) is 111 Å². The summed E-state index contributed by atoms with van der Waals surface area (Å²) in [6.07, 6.45) is 19.1. The Morgan fingerprint density at radius 2 is 1.74 bits per heavy atom. The second-order valence-corrected chi connectivity index (χ2v) is 10.9. The quantitative estimate of drug-likeness (QED) is 0.359. The lowest BCUT2D eigenvalue weighted by molar-refractivity contribution is -0.0147. The summed E-state index contributed by atoms with van der Waals surface area (Å²) in [4.78, 5) is 0. The highest BCUT2D eigenvalue weighted by Gasteiger charge is 2.36. The monoisotopic (exact) mass is 428 g/mol. The van der Waals surface area contributed by atoms with Crippen LogP contribution in [0.3, 0.4) is 0 Å². The van der Waals surface area contributed by atoms with Crippen LogP contribution in [0, 0.1) is 23.6 Å². The van der Waals surface area contributed by atoms with Crippen molar-refractivity contribution < 1.29 is 9.13 Å². The van der Waals surface area contributed by atoms with E-state index in [4.69, 9.17) is 4.74 Å². The van der Waals surface area contributed by atoms with Gasteiger partial charge in [-0.25, -0.2) is 4.39 Å². The Morgan fingerprint density at radius 3 is 2.58 bits per heavy atom. The highest BCUT2D eigenvalue weighted by molar-refractivity contribution is 5.37. The zero-order chi connectivity index (χ0) is 21.6. The molecular weight excluding hydrogens is 383 g/mol. The van der Waals surface area contributed by atoms with Crippen LogP contribution in [-0.4, -0.2) is 12.7 Å². The van der Waals surface area contributed by atoms with Crippen molar-refractivity contribution in [2.24, 2.45) is 17.8 Å². The minimum atomic E-state index is 0.101. The zero-order valence-electron chi connectivity index (χ0n) is 20.1. The summed E-state index contributed by atoms with van der Waals surface area (Å²) in [5, 5.41) is 0. The summed E-state index contributed by atoms with van der Waals surface area (Å²) in [7, 11) is 0. The molecular formula is C29H45FO. The van der Waals surface area contributed by atoms with Crippen LogP contribution in [0.1, 0.15) is 120 Å². The van der Waals surface area contributed by atoms with E-state index in [2.05, 4.69) is 19.9 Å². The highest BCUT2D eigenvalue weighted by atomic mass is 19.1. The first kappa shape index (κ1) is 23.3. The molecule has 0 heterocycles. The van der Waals surface area contributed by atoms with Gasteiger partial charge >= 0.3 is 0 Å². The third-order valence-corrected chi connectivity index (χ3v) is 8.68. The van der Waals surface area contributed by atoms with Crippen molar-refractivity contribution in [3.63, 3.8) is 0 Å². The standard InChI is InChI=1S/C29H45FO/c1-3-5-6-7-8-21-9-10-25-18-26(20-29(30)28(25)16-21)23-11-12-24-19-27(31-15-4-2)14-13-22(24)17-23/h18,20-24,27H,3-17,19H2,1-2H3. The fraction of sp³-hybridized carbons (Fsp3) is 0.793. The molecule has 4 rings (SSSR count). The lowest BCUT2D eigenvalue weighted by atomic mass is 9.65. The van der Waals surface area contributed by atoms with E-state index in [1.165, 1.54) is 88.2 Å². The van der Waals surface area contributed by atoms with Gasteiger partial charge in [0.25, 0.3) is 0 Å². The molecule has 2 saturated carbocycles. The summed E-state index contributed by atoms with van der Waals surface area (Å²) in [6, 6.07) is 4.34. The number of rotatable bonds is 9. The van der Waals surface area contributed by atoms with Crippen molar-refractivity contribution in [2.45, 2.75) is 122 Å². The molecule has 2 fully saturated rings. The predicted molar refractivity (Wildman–Crippen MR) is 128 cm³/mol. The lowest BCUT2D eigenvalue weighted by Gasteiger charge is -2.42. The Bertz CT molecular complexity index is 698. The van der Waals surface area contributed by atoms with Crippen LogP contribution in [0.15, 0.2) is 12.1 Å². The van der Waals surface area contributed by atoms with E-state index in [1.807, 2.05) is 6.07 Å². The van der Waals surface area contributed by atoms with Gasteiger partial charge in [-0.2, -0.15) is 0 Å². The molecule has 0 saturated heterocycles. The zero-order valence-corrected chi connectivity index (χ0v) is 20.1. The SMILES string of the molecule is CCCCCCC1CCc2cc(C3CCC4CC(OCCC)CCC4C3)cc(F)c2C1. The van der Waals surface area contributed by atoms with Gasteiger partial charge in [0.15, 0.2) is 0 Å². The minimum absolute atomic E-state index is 0.101. The molecule has 0 N–H and O–H groups in total. The van der Waals surface area contributed by atoms with Crippen LogP contribution >= 0.6 is 0 Å². The van der Waals surface area contributed by atoms with Gasteiger partial charge in [-0.3, -0.25) is 0 Å². The summed E-state index contributed by atoms with van der Waals surface area (Å²) < 4.78 is 21.3. The molecule has 0 aromatic heterocycles. The molecule has 0 spiro atoms. The first-order valence-corrected chi connectivity index (χ1v) is 13.6. The molecule has 1 aromatic carbocycles. The fourth-order valence-corrected chi connectivity index (χ4v) is 6.85. The molecule has 1 nitrogen and oxygen atoms in total. The molecule has 5 unspecified atom stereocenters. The number of hydrogen-bond acceptors (Lipinski definition) is 1. The fourth-order valence-electron chi connectivity index (χ4n) is 6.85. The Morgan fingerprint density at radius 1 is 0.903 bits per heavy atom. The lowest BCUT2D eigenvalue weighted by Crippen LogP contribution is -2.34. The molecule has 0 amide bonds. The topological polar surface area (TPSA) is 9.23 Å². The van der Waals surface area contributed by atoms with Gasteiger partial charge in [0.1, 0.15) is 5.82 Å². The average molecular weight is 429 g/mol. The average Bonchev–Trinajstić information content (AvgIpc) is 2.80. The van der Waals surface area contributed by atoms with Crippen molar-refractivity contribution in [1.82, 2.24) is 0 Å². The van der Waals surface area contributed by atoms with Crippen molar-refractivity contribution in [1.29, 1.82) is 0 Å². The third kappa shape index (κ3) is 5.92. The number of aryl methyl sites for hydroxylation is 1. The van der Waals surface area contributed by atoms with Crippen LogP contribution in [0.25, 0.3) is 0 Å². The molecule has 31 heavy (non-hydrogen) atoms. The Labute approximate surface area is 190 Å². The van der Waals surface area contributed by atoms with Gasteiger partial charge in [0.2, 0.25) is 0 Å². The summed E-state index contributed by atoms with van der Waals surface area (Å²) >= 11 is 0. The number of hydrogen-bond donors (Lipinski definition) is 0. The summed E-state index contributed by atoms with van der Waals surface area (Å²) in [6.45, 7) is 5.38. The van der Waals surface area contributed by atoms with Crippen molar-refractivity contribution in [3.05, 3.63) is 34.6 Å². The largest absolute Gasteiger partial charge is 0.378 e. The second kappa shape index (κ2) is 11.3. The summed E-state index contributed by atoms with van der Waals surface area (Å²) in [5.74, 6) is 3.03. The Kier molecular flexibility index (Phi) is 8.49. The van der Waals surface area contributed by atoms with E-state index < -0.39 is 0 Å². The molecule has 2 heteroatoms. The van der Waals surface area contributed by atoms with E-state index in [-0.39, 0.29) is 5.82 Å². The van der Waals surface area contributed by atoms with E-state index in [9.17, 15) is 0 Å². The number of benzene rings is 1. The summed E-state index contributed by atoms with van der Waals surface area (Å²) in [5.41, 5.74) is 3.69. The molecule has 5 atom stereocenters. The van der Waals surface area contributed by atoms with E-state index in [0.717, 1.165) is 43.3 Å². The van der Waals surface area contributed by atoms with Crippen LogP contribution in [-0.2, 0) is 17.6 Å². The molecule has 0 radical (unpaired) electrons. The first-order chi connectivity index (χ1) is 15.2. The van der Waals surface area contributed by atoms with Gasteiger partial charge in [0.05, 0.1) is 6.10 Å². The molecule has 0 bridgehead atoms. The van der Waals surface area contributed by atoms with Crippen LogP contribution in [0.2, 0.25) is 0 Å². The minimum Gasteiger partial charge on any atom is -0.378 e. The maximum absolute atomic E-state index is 15.2. The van der Waals surface area contributed by atoms with E-state index in [0.29, 0.717) is 17.9 Å².